The van der Waals surface area contributed by atoms with E-state index in [1.54, 1.807) is 0 Å². The second kappa shape index (κ2) is 6.05. The van der Waals surface area contributed by atoms with E-state index < -0.39 is 0 Å². The van der Waals surface area contributed by atoms with Crippen LogP contribution in [0.1, 0.15) is 55.6 Å². The van der Waals surface area contributed by atoms with Crippen LogP contribution in [0, 0.1) is 0 Å². The van der Waals surface area contributed by atoms with Crippen LogP contribution in [0.25, 0.3) is 0 Å². The zero-order valence-corrected chi connectivity index (χ0v) is 11.1. The third-order valence-corrected chi connectivity index (χ3v) is 3.48. The Balaban J connectivity index is 1.95. The summed E-state index contributed by atoms with van der Waals surface area (Å²) in [5.41, 5.74) is 6.47. The summed E-state index contributed by atoms with van der Waals surface area (Å²) in [5.74, 6) is 0.0125. The molecule has 1 aromatic heterocycles. The molecule has 1 amide bonds. The number of nitrogens with two attached hydrogens (primary N) is 1. The monoisotopic (exact) mass is 249 g/mol. The lowest BCUT2D eigenvalue weighted by molar-refractivity contribution is 0.0926. The van der Waals surface area contributed by atoms with E-state index in [1.807, 2.05) is 18.3 Å². The van der Waals surface area contributed by atoms with Crippen LogP contribution in [0.15, 0.2) is 18.3 Å². The first kappa shape index (κ1) is 13.1. The molecule has 1 heterocycles. The molecule has 1 aliphatic carbocycles. The molecule has 1 aromatic rings. The molecular weight excluding hydrogens is 226 g/mol. The number of amides is 1. The van der Waals surface area contributed by atoms with E-state index in [9.17, 15) is 4.79 Å². The molecule has 3 N–H and O–H groups in total. The maximum absolute atomic E-state index is 12.2. The van der Waals surface area contributed by atoms with Crippen molar-refractivity contribution in [2.24, 2.45) is 5.73 Å². The molecule has 1 fully saturated rings. The molecule has 0 radical (unpaired) electrons. The first-order chi connectivity index (χ1) is 8.76. The number of hydrogen-bond donors (Lipinski definition) is 2. The largest absolute Gasteiger partial charge is 0.347 e. The zero-order valence-electron chi connectivity index (χ0n) is 11.1. The molecule has 4 heteroatoms. The van der Waals surface area contributed by atoms with Crippen molar-refractivity contribution in [2.45, 2.75) is 51.1 Å². The number of rotatable bonds is 7. The Hall–Kier alpha value is -1.29. The Bertz CT molecular complexity index is 395. The minimum atomic E-state index is 0.0125. The highest BCUT2D eigenvalue weighted by Crippen LogP contribution is 2.35. The van der Waals surface area contributed by atoms with Crippen molar-refractivity contribution in [1.29, 1.82) is 0 Å². The Morgan fingerprint density at radius 2 is 2.39 bits per heavy atom. The zero-order chi connectivity index (χ0) is 13.0. The van der Waals surface area contributed by atoms with Crippen LogP contribution in [0.2, 0.25) is 0 Å². The van der Waals surface area contributed by atoms with E-state index in [4.69, 9.17) is 5.73 Å². The standard InChI is InChI=1S/C14H23N3O/c1-2-3-5-11(10-15)16-14(18)13-6-4-9-17(13)12-7-8-12/h4,6,9,11-12H,2-3,5,7-8,10,15H2,1H3,(H,16,18). The third-order valence-electron chi connectivity index (χ3n) is 3.48. The fraction of sp³-hybridized carbons (Fsp3) is 0.643. The lowest BCUT2D eigenvalue weighted by Crippen LogP contribution is -2.40. The van der Waals surface area contributed by atoms with E-state index in [2.05, 4.69) is 16.8 Å². The van der Waals surface area contributed by atoms with Crippen molar-refractivity contribution >= 4 is 5.91 Å². The molecule has 0 bridgehead atoms. The molecule has 1 atom stereocenters. The summed E-state index contributed by atoms with van der Waals surface area (Å²) in [6.07, 6.45) is 7.56. The van der Waals surface area contributed by atoms with Crippen molar-refractivity contribution in [1.82, 2.24) is 9.88 Å². The molecule has 100 valence electrons. The van der Waals surface area contributed by atoms with Crippen LogP contribution in [0.5, 0.6) is 0 Å². The Morgan fingerprint density at radius 1 is 1.61 bits per heavy atom. The van der Waals surface area contributed by atoms with Gasteiger partial charge in [0, 0.05) is 24.8 Å². The highest BCUT2D eigenvalue weighted by molar-refractivity contribution is 5.93. The number of nitrogens with zero attached hydrogens (tertiary/aromatic N) is 1. The molecule has 1 aliphatic rings. The van der Waals surface area contributed by atoms with E-state index in [0.29, 0.717) is 12.6 Å². The summed E-state index contributed by atoms with van der Waals surface area (Å²) in [5, 5.41) is 3.04. The van der Waals surface area contributed by atoms with Crippen LogP contribution in [-0.4, -0.2) is 23.1 Å². The summed E-state index contributed by atoms with van der Waals surface area (Å²) in [7, 11) is 0. The minimum absolute atomic E-state index is 0.0125. The van der Waals surface area contributed by atoms with Crippen LogP contribution < -0.4 is 11.1 Å². The van der Waals surface area contributed by atoms with Crippen molar-refractivity contribution in [3.05, 3.63) is 24.0 Å². The molecular formula is C14H23N3O. The van der Waals surface area contributed by atoms with Crippen LogP contribution in [0.3, 0.4) is 0 Å². The van der Waals surface area contributed by atoms with Gasteiger partial charge < -0.3 is 15.6 Å². The number of carbonyl (C=O) groups is 1. The molecule has 18 heavy (non-hydrogen) atoms. The van der Waals surface area contributed by atoms with Crippen molar-refractivity contribution in [3.8, 4) is 0 Å². The minimum Gasteiger partial charge on any atom is -0.347 e. The molecule has 0 spiro atoms. The average Bonchev–Trinajstić information content (AvgIpc) is 3.11. The predicted octanol–water partition coefficient (Wildman–Crippen LogP) is 2.07. The van der Waals surface area contributed by atoms with Gasteiger partial charge in [-0.2, -0.15) is 0 Å². The van der Waals surface area contributed by atoms with Gasteiger partial charge in [0.2, 0.25) is 0 Å². The summed E-state index contributed by atoms with van der Waals surface area (Å²) in [6.45, 7) is 2.66. The molecule has 4 nitrogen and oxygen atoms in total. The molecule has 1 unspecified atom stereocenters. The van der Waals surface area contributed by atoms with Crippen molar-refractivity contribution in [3.63, 3.8) is 0 Å². The van der Waals surface area contributed by atoms with Crippen LogP contribution in [-0.2, 0) is 0 Å². The van der Waals surface area contributed by atoms with Gasteiger partial charge >= 0.3 is 0 Å². The van der Waals surface area contributed by atoms with E-state index in [0.717, 1.165) is 25.0 Å². The van der Waals surface area contributed by atoms with Gasteiger partial charge in [-0.15, -0.1) is 0 Å². The second-order valence-corrected chi connectivity index (χ2v) is 5.08. The van der Waals surface area contributed by atoms with Crippen molar-refractivity contribution in [2.75, 3.05) is 6.54 Å². The SMILES string of the molecule is CCCCC(CN)NC(=O)c1cccn1C1CC1. The first-order valence-corrected chi connectivity index (χ1v) is 6.94. The van der Waals surface area contributed by atoms with Gasteiger partial charge in [-0.05, 0) is 31.4 Å². The molecule has 1 saturated carbocycles. The van der Waals surface area contributed by atoms with Gasteiger partial charge in [0.15, 0.2) is 0 Å². The van der Waals surface area contributed by atoms with Gasteiger partial charge in [-0.3, -0.25) is 4.79 Å². The first-order valence-electron chi connectivity index (χ1n) is 6.94. The highest BCUT2D eigenvalue weighted by Gasteiger charge is 2.27. The number of nitrogens with one attached hydrogen (secondary N) is 1. The van der Waals surface area contributed by atoms with Gasteiger partial charge in [0.1, 0.15) is 5.69 Å². The Kier molecular flexibility index (Phi) is 4.42. The third kappa shape index (κ3) is 3.13. The van der Waals surface area contributed by atoms with E-state index in [1.165, 1.54) is 12.8 Å². The number of hydrogen-bond acceptors (Lipinski definition) is 2. The van der Waals surface area contributed by atoms with Gasteiger partial charge in [0.25, 0.3) is 5.91 Å². The number of unbranched alkanes of at least 4 members (excludes halogenated alkanes) is 1. The molecule has 0 aromatic carbocycles. The lowest BCUT2D eigenvalue weighted by atomic mass is 10.1. The molecule has 0 aliphatic heterocycles. The van der Waals surface area contributed by atoms with Gasteiger partial charge in [0.05, 0.1) is 0 Å². The summed E-state index contributed by atoms with van der Waals surface area (Å²) in [6, 6.07) is 4.46. The number of aromatic nitrogens is 1. The molecule has 2 rings (SSSR count). The maximum atomic E-state index is 12.2. The van der Waals surface area contributed by atoms with Gasteiger partial charge in [-0.25, -0.2) is 0 Å². The Morgan fingerprint density at radius 3 is 3.00 bits per heavy atom. The Labute approximate surface area is 109 Å². The fourth-order valence-electron chi connectivity index (χ4n) is 2.22. The topological polar surface area (TPSA) is 60.0 Å². The summed E-state index contributed by atoms with van der Waals surface area (Å²) < 4.78 is 2.09. The highest BCUT2D eigenvalue weighted by atomic mass is 16.2. The molecule has 0 saturated heterocycles. The van der Waals surface area contributed by atoms with Crippen LogP contribution in [0.4, 0.5) is 0 Å². The fourth-order valence-corrected chi connectivity index (χ4v) is 2.22. The summed E-state index contributed by atoms with van der Waals surface area (Å²) in [4.78, 5) is 12.2. The maximum Gasteiger partial charge on any atom is 0.268 e. The van der Waals surface area contributed by atoms with Crippen molar-refractivity contribution < 1.29 is 4.79 Å². The summed E-state index contributed by atoms with van der Waals surface area (Å²) >= 11 is 0. The lowest BCUT2D eigenvalue weighted by Gasteiger charge is -2.17. The van der Waals surface area contributed by atoms with E-state index in [-0.39, 0.29) is 11.9 Å². The van der Waals surface area contributed by atoms with E-state index >= 15 is 0 Å². The second-order valence-electron chi connectivity index (χ2n) is 5.08. The smallest absolute Gasteiger partial charge is 0.268 e. The van der Waals surface area contributed by atoms with Crippen LogP contribution >= 0.6 is 0 Å². The number of carbonyl (C=O) groups excluding carboxylic acids is 1. The quantitative estimate of drug-likeness (QED) is 0.777. The average molecular weight is 249 g/mol. The predicted molar refractivity (Wildman–Crippen MR) is 72.5 cm³/mol. The van der Waals surface area contributed by atoms with Gasteiger partial charge in [-0.1, -0.05) is 19.8 Å². The normalized spacial score (nSPS) is 16.6.